The van der Waals surface area contributed by atoms with Crippen LogP contribution in [-0.2, 0) is 9.53 Å². The number of benzene rings is 1. The molecule has 0 aliphatic rings. The standard InChI is InChI=1S/C19H25N3O3S/c1-13-21-16(12-26-13)14-7-9-15(10-8-14)22-17(23)6-5-11-20-18(24)25-19(2,3)4/h7-10,12H,5-6,11H2,1-4H3,(H,20,24)(H,22,23). The third-order valence-electron chi connectivity index (χ3n) is 3.33. The van der Waals surface area contributed by atoms with Crippen molar-refractivity contribution in [2.24, 2.45) is 0 Å². The number of aromatic nitrogens is 1. The summed E-state index contributed by atoms with van der Waals surface area (Å²) in [5, 5.41) is 8.53. The predicted octanol–water partition coefficient (Wildman–Crippen LogP) is 4.36. The lowest BCUT2D eigenvalue weighted by Gasteiger charge is -2.19. The van der Waals surface area contributed by atoms with E-state index in [4.69, 9.17) is 4.74 Å². The first kappa shape index (κ1) is 19.9. The van der Waals surface area contributed by atoms with Gasteiger partial charge in [0, 0.05) is 29.6 Å². The number of carbonyl (C=O) groups excluding carboxylic acids is 2. The van der Waals surface area contributed by atoms with E-state index in [9.17, 15) is 9.59 Å². The van der Waals surface area contributed by atoms with E-state index in [1.54, 1.807) is 32.1 Å². The maximum Gasteiger partial charge on any atom is 0.407 e. The Bertz CT molecular complexity index is 748. The van der Waals surface area contributed by atoms with Crippen LogP contribution in [0.1, 0.15) is 38.6 Å². The fourth-order valence-corrected chi connectivity index (χ4v) is 2.82. The highest BCUT2D eigenvalue weighted by Crippen LogP contribution is 2.23. The van der Waals surface area contributed by atoms with Crippen LogP contribution >= 0.6 is 11.3 Å². The molecule has 0 fully saturated rings. The Kier molecular flexibility index (Phi) is 6.74. The molecule has 1 aromatic heterocycles. The monoisotopic (exact) mass is 375 g/mol. The summed E-state index contributed by atoms with van der Waals surface area (Å²) in [6.07, 6.45) is 0.398. The Morgan fingerprint density at radius 2 is 1.88 bits per heavy atom. The van der Waals surface area contributed by atoms with Crippen molar-refractivity contribution in [1.29, 1.82) is 0 Å². The van der Waals surface area contributed by atoms with E-state index in [0.29, 0.717) is 19.4 Å². The number of anilines is 1. The second kappa shape index (κ2) is 8.80. The van der Waals surface area contributed by atoms with Crippen LogP contribution < -0.4 is 10.6 Å². The zero-order valence-corrected chi connectivity index (χ0v) is 16.4. The number of carbonyl (C=O) groups is 2. The molecule has 0 radical (unpaired) electrons. The maximum absolute atomic E-state index is 12.0. The van der Waals surface area contributed by atoms with Gasteiger partial charge in [-0.05, 0) is 46.2 Å². The van der Waals surface area contributed by atoms with Crippen LogP contribution in [0.3, 0.4) is 0 Å². The van der Waals surface area contributed by atoms with E-state index in [0.717, 1.165) is 22.0 Å². The van der Waals surface area contributed by atoms with Gasteiger partial charge in [0.15, 0.2) is 0 Å². The molecule has 0 saturated heterocycles. The molecular weight excluding hydrogens is 350 g/mol. The normalized spacial score (nSPS) is 11.1. The Balaban J connectivity index is 1.72. The van der Waals surface area contributed by atoms with E-state index in [1.807, 2.05) is 36.6 Å². The van der Waals surface area contributed by atoms with Crippen LogP contribution in [0.15, 0.2) is 29.6 Å². The van der Waals surface area contributed by atoms with Gasteiger partial charge in [0.1, 0.15) is 5.60 Å². The molecular formula is C19H25N3O3S. The molecule has 2 rings (SSSR count). The maximum atomic E-state index is 12.0. The van der Waals surface area contributed by atoms with Crippen molar-refractivity contribution in [2.45, 2.75) is 46.1 Å². The summed E-state index contributed by atoms with van der Waals surface area (Å²) >= 11 is 1.61. The molecule has 0 unspecified atom stereocenters. The smallest absolute Gasteiger partial charge is 0.407 e. The largest absolute Gasteiger partial charge is 0.444 e. The minimum Gasteiger partial charge on any atom is -0.444 e. The lowest BCUT2D eigenvalue weighted by atomic mass is 10.1. The van der Waals surface area contributed by atoms with E-state index in [2.05, 4.69) is 15.6 Å². The molecule has 0 spiro atoms. The number of nitrogens with zero attached hydrogens (tertiary/aromatic N) is 1. The summed E-state index contributed by atoms with van der Waals surface area (Å²) in [5.74, 6) is -0.0896. The van der Waals surface area contributed by atoms with E-state index < -0.39 is 11.7 Å². The first-order chi connectivity index (χ1) is 12.2. The zero-order chi connectivity index (χ0) is 19.2. The third kappa shape index (κ3) is 6.84. The number of amides is 2. The first-order valence-corrected chi connectivity index (χ1v) is 9.40. The number of nitrogens with one attached hydrogen (secondary N) is 2. The quantitative estimate of drug-likeness (QED) is 0.735. The predicted molar refractivity (Wildman–Crippen MR) is 104 cm³/mol. The second-order valence-electron chi connectivity index (χ2n) is 6.91. The average Bonchev–Trinajstić information content (AvgIpc) is 2.97. The highest BCUT2D eigenvalue weighted by atomic mass is 32.1. The zero-order valence-electron chi connectivity index (χ0n) is 15.6. The van der Waals surface area contributed by atoms with Gasteiger partial charge in [-0.2, -0.15) is 0 Å². The minimum atomic E-state index is -0.523. The van der Waals surface area contributed by atoms with Crippen molar-refractivity contribution in [1.82, 2.24) is 10.3 Å². The summed E-state index contributed by atoms with van der Waals surface area (Å²) < 4.78 is 5.13. The van der Waals surface area contributed by atoms with Crippen LogP contribution in [0.5, 0.6) is 0 Å². The Labute approximate surface area is 158 Å². The van der Waals surface area contributed by atoms with Gasteiger partial charge in [0.25, 0.3) is 0 Å². The summed E-state index contributed by atoms with van der Waals surface area (Å²) in [6.45, 7) is 7.79. The Morgan fingerprint density at radius 1 is 1.19 bits per heavy atom. The van der Waals surface area contributed by atoms with Gasteiger partial charge < -0.3 is 15.4 Å². The van der Waals surface area contributed by atoms with Gasteiger partial charge in [-0.3, -0.25) is 4.79 Å². The molecule has 7 heteroatoms. The molecule has 6 nitrogen and oxygen atoms in total. The van der Waals surface area contributed by atoms with Gasteiger partial charge in [0.2, 0.25) is 5.91 Å². The van der Waals surface area contributed by atoms with Gasteiger partial charge in [0.05, 0.1) is 10.7 Å². The molecule has 0 aliphatic heterocycles. The molecule has 0 saturated carbocycles. The van der Waals surface area contributed by atoms with Gasteiger partial charge >= 0.3 is 6.09 Å². The summed E-state index contributed by atoms with van der Waals surface area (Å²) in [4.78, 5) is 27.9. The number of alkyl carbamates (subject to hydrolysis) is 1. The highest BCUT2D eigenvalue weighted by molar-refractivity contribution is 7.09. The van der Waals surface area contributed by atoms with Crippen LogP contribution in [0.2, 0.25) is 0 Å². The van der Waals surface area contributed by atoms with Crippen molar-refractivity contribution in [3.05, 3.63) is 34.7 Å². The molecule has 0 aliphatic carbocycles. The topological polar surface area (TPSA) is 80.3 Å². The molecule has 140 valence electrons. The summed E-state index contributed by atoms with van der Waals surface area (Å²) in [5.41, 5.74) is 2.18. The van der Waals surface area contributed by atoms with Gasteiger partial charge in [-0.25, -0.2) is 9.78 Å². The number of aryl methyl sites for hydroxylation is 1. The Morgan fingerprint density at radius 3 is 2.46 bits per heavy atom. The molecule has 2 amide bonds. The fourth-order valence-electron chi connectivity index (χ4n) is 2.20. The third-order valence-corrected chi connectivity index (χ3v) is 4.11. The van der Waals surface area contributed by atoms with Gasteiger partial charge in [-0.1, -0.05) is 12.1 Å². The lowest BCUT2D eigenvalue weighted by molar-refractivity contribution is -0.116. The van der Waals surface area contributed by atoms with Crippen molar-refractivity contribution < 1.29 is 14.3 Å². The van der Waals surface area contributed by atoms with Gasteiger partial charge in [-0.15, -0.1) is 11.3 Å². The van der Waals surface area contributed by atoms with E-state index >= 15 is 0 Å². The fraction of sp³-hybridized carbons (Fsp3) is 0.421. The van der Waals surface area contributed by atoms with Crippen molar-refractivity contribution in [2.75, 3.05) is 11.9 Å². The SMILES string of the molecule is Cc1nc(-c2ccc(NC(=O)CCCNC(=O)OC(C)(C)C)cc2)cs1. The molecule has 1 heterocycles. The number of hydrogen-bond donors (Lipinski definition) is 2. The number of thiazole rings is 1. The van der Waals surface area contributed by atoms with Crippen LogP contribution in [0.25, 0.3) is 11.3 Å². The van der Waals surface area contributed by atoms with E-state index in [1.165, 1.54) is 0 Å². The molecule has 1 aromatic carbocycles. The number of ether oxygens (including phenoxy) is 1. The molecule has 0 atom stereocenters. The number of rotatable bonds is 6. The van der Waals surface area contributed by atoms with E-state index in [-0.39, 0.29) is 5.91 Å². The summed E-state index contributed by atoms with van der Waals surface area (Å²) in [6, 6.07) is 7.60. The number of hydrogen-bond acceptors (Lipinski definition) is 5. The van der Waals surface area contributed by atoms with Crippen molar-refractivity contribution >= 4 is 29.0 Å². The van der Waals surface area contributed by atoms with Crippen LogP contribution in [0, 0.1) is 6.92 Å². The van der Waals surface area contributed by atoms with Crippen molar-refractivity contribution in [3.63, 3.8) is 0 Å². The van der Waals surface area contributed by atoms with Crippen LogP contribution in [-0.4, -0.2) is 29.1 Å². The minimum absolute atomic E-state index is 0.0896. The molecule has 0 bridgehead atoms. The van der Waals surface area contributed by atoms with Crippen molar-refractivity contribution in [3.8, 4) is 11.3 Å². The molecule has 2 aromatic rings. The lowest BCUT2D eigenvalue weighted by Crippen LogP contribution is -2.33. The molecule has 2 N–H and O–H groups in total. The first-order valence-electron chi connectivity index (χ1n) is 8.52. The average molecular weight is 375 g/mol. The molecule has 26 heavy (non-hydrogen) atoms. The Hall–Kier alpha value is -2.41. The van der Waals surface area contributed by atoms with Crippen LogP contribution in [0.4, 0.5) is 10.5 Å². The summed E-state index contributed by atoms with van der Waals surface area (Å²) in [7, 11) is 0. The second-order valence-corrected chi connectivity index (χ2v) is 7.97. The highest BCUT2D eigenvalue weighted by Gasteiger charge is 2.15.